The molecule has 0 spiro atoms. The minimum Gasteiger partial charge on any atom is -0.485 e. The number of carbonyl (C=O) groups excluding carboxylic acids is 2. The van der Waals surface area contributed by atoms with Crippen LogP contribution >= 0.6 is 9.24 Å². The summed E-state index contributed by atoms with van der Waals surface area (Å²) < 4.78 is 20.1. The van der Waals surface area contributed by atoms with E-state index in [1.165, 1.54) is 17.2 Å². The van der Waals surface area contributed by atoms with E-state index in [-0.39, 0.29) is 29.4 Å². The number of nitrogens with zero attached hydrogens (tertiary/aromatic N) is 4. The van der Waals surface area contributed by atoms with E-state index in [1.54, 1.807) is 32.2 Å². The molecule has 9 heteroatoms. The molecule has 32 heavy (non-hydrogen) atoms. The van der Waals surface area contributed by atoms with E-state index < -0.39 is 17.6 Å². The van der Waals surface area contributed by atoms with Crippen molar-refractivity contribution in [2.45, 2.75) is 13.8 Å². The third-order valence-electron chi connectivity index (χ3n) is 5.04. The SMILES string of the molecule is Cc1ccc2c(c1)OCC(=NC(=O)c1ncc(C)c(-c3cc(P)ccc3F)n1)C(=O)N2C. The first-order chi connectivity index (χ1) is 15.2. The number of aliphatic imine (C=N–C) groups is 1. The van der Waals surface area contributed by atoms with Crippen molar-refractivity contribution in [3.05, 3.63) is 65.4 Å². The Labute approximate surface area is 186 Å². The summed E-state index contributed by atoms with van der Waals surface area (Å²) in [6, 6.07) is 10.0. The Balaban J connectivity index is 1.68. The second kappa shape index (κ2) is 8.55. The lowest BCUT2D eigenvalue weighted by atomic mass is 10.1. The largest absolute Gasteiger partial charge is 0.485 e. The van der Waals surface area contributed by atoms with Gasteiger partial charge in [0.1, 0.15) is 23.9 Å². The van der Waals surface area contributed by atoms with Crippen LogP contribution in [0.1, 0.15) is 21.7 Å². The third kappa shape index (κ3) is 4.14. The van der Waals surface area contributed by atoms with Crippen LogP contribution in [0.2, 0.25) is 0 Å². The van der Waals surface area contributed by atoms with E-state index in [0.717, 1.165) is 10.9 Å². The van der Waals surface area contributed by atoms with Crippen LogP contribution in [0.4, 0.5) is 10.1 Å². The number of carbonyl (C=O) groups is 2. The second-order valence-corrected chi connectivity index (χ2v) is 8.12. The number of hydrogen-bond acceptors (Lipinski definition) is 5. The fourth-order valence-corrected chi connectivity index (χ4v) is 3.58. The first-order valence-electron chi connectivity index (χ1n) is 9.77. The Morgan fingerprint density at radius 1 is 1.22 bits per heavy atom. The second-order valence-electron chi connectivity index (χ2n) is 7.45. The third-order valence-corrected chi connectivity index (χ3v) is 5.40. The average molecular weight is 450 g/mol. The molecule has 2 heterocycles. The van der Waals surface area contributed by atoms with Gasteiger partial charge in [0.25, 0.3) is 5.91 Å². The maximum atomic E-state index is 14.4. The number of ether oxygens (including phenoxy) is 1. The molecule has 2 aromatic carbocycles. The van der Waals surface area contributed by atoms with Crippen molar-refractivity contribution in [1.29, 1.82) is 0 Å². The summed E-state index contributed by atoms with van der Waals surface area (Å²) in [5.41, 5.74) is 2.62. The van der Waals surface area contributed by atoms with Gasteiger partial charge < -0.3 is 9.64 Å². The standard InChI is InChI=1S/C23H20FN4O3P/c1-12-4-7-18-19(8-12)31-11-17(23(30)28(18)3)26-22(29)21-25-10-13(2)20(27-21)15-9-14(32)5-6-16(15)24/h4-10H,11,32H2,1-3H3. The van der Waals surface area contributed by atoms with Crippen molar-refractivity contribution < 1.29 is 18.7 Å². The zero-order valence-corrected chi connectivity index (χ0v) is 18.9. The average Bonchev–Trinajstić information content (AvgIpc) is 2.87. The van der Waals surface area contributed by atoms with Crippen LogP contribution in [-0.2, 0) is 4.79 Å². The van der Waals surface area contributed by atoms with Crippen LogP contribution < -0.4 is 14.9 Å². The molecule has 0 saturated heterocycles. The first-order valence-corrected chi connectivity index (χ1v) is 10.3. The predicted molar refractivity (Wildman–Crippen MR) is 123 cm³/mol. The summed E-state index contributed by atoms with van der Waals surface area (Å²) in [4.78, 5) is 39.3. The topological polar surface area (TPSA) is 84.7 Å². The molecule has 0 bridgehead atoms. The van der Waals surface area contributed by atoms with E-state index in [0.29, 0.717) is 17.0 Å². The highest BCUT2D eigenvalue weighted by atomic mass is 31.0. The number of amides is 2. The highest BCUT2D eigenvalue weighted by Crippen LogP contribution is 2.31. The summed E-state index contributed by atoms with van der Waals surface area (Å²) in [5, 5.41) is 0.770. The van der Waals surface area contributed by atoms with E-state index in [4.69, 9.17) is 4.74 Å². The molecular weight excluding hydrogens is 430 g/mol. The number of aryl methyl sites for hydroxylation is 2. The van der Waals surface area contributed by atoms with Crippen molar-refractivity contribution in [3.63, 3.8) is 0 Å². The highest BCUT2D eigenvalue weighted by molar-refractivity contribution is 7.27. The summed E-state index contributed by atoms with van der Waals surface area (Å²) in [6.07, 6.45) is 1.43. The zero-order chi connectivity index (χ0) is 23.0. The van der Waals surface area contributed by atoms with Gasteiger partial charge in [-0.1, -0.05) is 12.1 Å². The first kappa shape index (κ1) is 21.7. The van der Waals surface area contributed by atoms with Gasteiger partial charge in [0.2, 0.25) is 5.82 Å². The van der Waals surface area contributed by atoms with Crippen LogP contribution in [0.5, 0.6) is 5.75 Å². The molecule has 1 unspecified atom stereocenters. The molecule has 1 atom stereocenters. The molecular formula is C23H20FN4O3P. The van der Waals surface area contributed by atoms with Crippen molar-refractivity contribution in [2.24, 2.45) is 4.99 Å². The van der Waals surface area contributed by atoms with Crippen LogP contribution in [0.25, 0.3) is 11.3 Å². The zero-order valence-electron chi connectivity index (χ0n) is 17.7. The van der Waals surface area contributed by atoms with Gasteiger partial charge in [-0.05, 0) is 54.5 Å². The van der Waals surface area contributed by atoms with E-state index in [1.807, 2.05) is 19.1 Å². The summed E-state index contributed by atoms with van der Waals surface area (Å²) in [5.74, 6) is -1.45. The molecule has 162 valence electrons. The smallest absolute Gasteiger partial charge is 0.315 e. The molecule has 4 rings (SSSR count). The van der Waals surface area contributed by atoms with Crippen molar-refractivity contribution in [1.82, 2.24) is 9.97 Å². The lowest BCUT2D eigenvalue weighted by molar-refractivity contribution is -0.112. The number of halogens is 1. The summed E-state index contributed by atoms with van der Waals surface area (Å²) >= 11 is 0. The lowest BCUT2D eigenvalue weighted by Crippen LogP contribution is -2.34. The maximum absolute atomic E-state index is 14.4. The monoisotopic (exact) mass is 450 g/mol. The molecule has 0 aliphatic carbocycles. The summed E-state index contributed by atoms with van der Waals surface area (Å²) in [7, 11) is 4.08. The Morgan fingerprint density at radius 3 is 2.78 bits per heavy atom. The number of benzene rings is 2. The normalized spacial score (nSPS) is 14.7. The molecule has 2 amide bonds. The van der Waals surface area contributed by atoms with Gasteiger partial charge in [-0.15, -0.1) is 9.24 Å². The molecule has 7 nitrogen and oxygen atoms in total. The molecule has 1 aromatic heterocycles. The predicted octanol–water partition coefficient (Wildman–Crippen LogP) is 3.04. The Morgan fingerprint density at radius 2 is 2.00 bits per heavy atom. The number of aromatic nitrogens is 2. The van der Waals surface area contributed by atoms with E-state index in [2.05, 4.69) is 24.2 Å². The van der Waals surface area contributed by atoms with Gasteiger partial charge in [0, 0.05) is 18.8 Å². The maximum Gasteiger partial charge on any atom is 0.315 e. The van der Waals surface area contributed by atoms with Gasteiger partial charge in [0.15, 0.2) is 0 Å². The Kier molecular flexibility index (Phi) is 5.80. The minimum absolute atomic E-state index is 0.0739. The van der Waals surface area contributed by atoms with Gasteiger partial charge in [-0.25, -0.2) is 19.4 Å². The molecule has 1 aliphatic rings. The van der Waals surface area contributed by atoms with Gasteiger partial charge in [0.05, 0.1) is 11.4 Å². The van der Waals surface area contributed by atoms with E-state index >= 15 is 0 Å². The quantitative estimate of drug-likeness (QED) is 0.561. The van der Waals surface area contributed by atoms with Crippen molar-refractivity contribution in [3.8, 4) is 17.0 Å². The fraction of sp³-hybridized carbons (Fsp3) is 0.174. The molecule has 0 fully saturated rings. The molecule has 3 aromatic rings. The van der Waals surface area contributed by atoms with Crippen molar-refractivity contribution >= 4 is 37.8 Å². The van der Waals surface area contributed by atoms with Crippen LogP contribution in [0.15, 0.2) is 47.6 Å². The van der Waals surface area contributed by atoms with Crippen LogP contribution in [0, 0.1) is 19.7 Å². The van der Waals surface area contributed by atoms with Gasteiger partial charge in [-0.2, -0.15) is 0 Å². The highest BCUT2D eigenvalue weighted by Gasteiger charge is 2.27. The minimum atomic E-state index is -0.809. The number of anilines is 1. The van der Waals surface area contributed by atoms with E-state index in [9.17, 15) is 14.0 Å². The number of rotatable bonds is 2. The molecule has 0 radical (unpaired) electrons. The van der Waals surface area contributed by atoms with Crippen LogP contribution in [-0.4, -0.2) is 41.1 Å². The summed E-state index contributed by atoms with van der Waals surface area (Å²) in [6.45, 7) is 3.46. The molecule has 1 aliphatic heterocycles. The lowest BCUT2D eigenvalue weighted by Gasteiger charge is -2.16. The number of hydrogen-bond donors (Lipinski definition) is 0. The molecule has 0 N–H and O–H groups in total. The number of fused-ring (bicyclic) bond motifs is 1. The van der Waals surface area contributed by atoms with Gasteiger partial charge in [-0.3, -0.25) is 9.59 Å². The molecule has 0 saturated carbocycles. The van der Waals surface area contributed by atoms with Gasteiger partial charge >= 0.3 is 5.91 Å². The van der Waals surface area contributed by atoms with Crippen molar-refractivity contribution in [2.75, 3.05) is 18.6 Å². The Bertz CT molecular complexity index is 1290. The Hall–Kier alpha value is -3.51. The fourth-order valence-electron chi connectivity index (χ4n) is 3.32. The van der Waals surface area contributed by atoms with Crippen LogP contribution in [0.3, 0.4) is 0 Å².